The molecule has 0 aromatic carbocycles. The molecule has 0 bridgehead atoms. The molecule has 2 N–H and O–H groups in total. The number of pyridine rings is 1. The molecule has 0 fully saturated rings. The summed E-state index contributed by atoms with van der Waals surface area (Å²) in [5.41, 5.74) is -0.713. The lowest BCUT2D eigenvalue weighted by molar-refractivity contribution is 0.0515. The molecular weight excluding hydrogens is 216 g/mol. The fraction of sp³-hybridized carbons (Fsp3) is 0.615. The molecule has 0 amide bonds. The zero-order valence-electron chi connectivity index (χ0n) is 11.0. The molecule has 96 valence electrons. The first-order valence-corrected chi connectivity index (χ1v) is 5.89. The van der Waals surface area contributed by atoms with Crippen LogP contribution in [-0.4, -0.2) is 29.3 Å². The van der Waals surface area contributed by atoms with Crippen molar-refractivity contribution in [3.63, 3.8) is 0 Å². The van der Waals surface area contributed by atoms with Crippen molar-refractivity contribution in [1.29, 1.82) is 0 Å². The number of ether oxygens (including phenoxy) is 1. The molecule has 1 atom stereocenters. The number of anilines is 1. The molecule has 0 spiro atoms. The SMILES string of the molecule is COc1ccc(NCC(C)(O)CC(C)C)nc1. The van der Waals surface area contributed by atoms with E-state index in [9.17, 15) is 5.11 Å². The topological polar surface area (TPSA) is 54.4 Å². The maximum Gasteiger partial charge on any atom is 0.137 e. The summed E-state index contributed by atoms with van der Waals surface area (Å²) in [7, 11) is 1.61. The average molecular weight is 238 g/mol. The van der Waals surface area contributed by atoms with Crippen molar-refractivity contribution < 1.29 is 9.84 Å². The van der Waals surface area contributed by atoms with Gasteiger partial charge in [0.2, 0.25) is 0 Å². The van der Waals surface area contributed by atoms with E-state index in [1.54, 1.807) is 13.3 Å². The minimum Gasteiger partial charge on any atom is -0.495 e. The zero-order chi connectivity index (χ0) is 12.9. The van der Waals surface area contributed by atoms with Crippen LogP contribution < -0.4 is 10.1 Å². The van der Waals surface area contributed by atoms with Gasteiger partial charge in [-0.25, -0.2) is 4.98 Å². The normalized spacial score (nSPS) is 14.5. The smallest absolute Gasteiger partial charge is 0.137 e. The van der Waals surface area contributed by atoms with Crippen LogP contribution in [0.25, 0.3) is 0 Å². The quantitative estimate of drug-likeness (QED) is 0.798. The number of nitrogens with zero attached hydrogens (tertiary/aromatic N) is 1. The van der Waals surface area contributed by atoms with Gasteiger partial charge < -0.3 is 15.2 Å². The lowest BCUT2D eigenvalue weighted by Gasteiger charge is -2.25. The number of aliphatic hydroxyl groups is 1. The van der Waals surface area contributed by atoms with Crippen LogP contribution in [0, 0.1) is 5.92 Å². The van der Waals surface area contributed by atoms with Crippen LogP contribution in [0.5, 0.6) is 5.75 Å². The van der Waals surface area contributed by atoms with Crippen molar-refractivity contribution in [3.8, 4) is 5.75 Å². The Balaban J connectivity index is 2.48. The summed E-state index contributed by atoms with van der Waals surface area (Å²) >= 11 is 0. The van der Waals surface area contributed by atoms with Gasteiger partial charge in [-0.1, -0.05) is 13.8 Å². The predicted octanol–water partition coefficient (Wildman–Crippen LogP) is 2.30. The second kappa shape index (κ2) is 5.87. The molecule has 1 aromatic rings. The van der Waals surface area contributed by atoms with Crippen molar-refractivity contribution >= 4 is 5.82 Å². The summed E-state index contributed by atoms with van der Waals surface area (Å²) in [4.78, 5) is 4.18. The van der Waals surface area contributed by atoms with Crippen molar-refractivity contribution in [3.05, 3.63) is 18.3 Å². The van der Waals surface area contributed by atoms with Crippen molar-refractivity contribution in [2.45, 2.75) is 32.8 Å². The predicted molar refractivity (Wildman–Crippen MR) is 69.4 cm³/mol. The lowest BCUT2D eigenvalue weighted by Crippen LogP contribution is -2.35. The van der Waals surface area contributed by atoms with Crippen LogP contribution in [0.2, 0.25) is 0 Å². The highest BCUT2D eigenvalue weighted by molar-refractivity contribution is 5.37. The Bertz CT molecular complexity index is 334. The van der Waals surface area contributed by atoms with Crippen molar-refractivity contribution in [2.75, 3.05) is 19.0 Å². The number of hydrogen-bond acceptors (Lipinski definition) is 4. The maximum absolute atomic E-state index is 10.1. The van der Waals surface area contributed by atoms with E-state index in [4.69, 9.17) is 4.74 Å². The van der Waals surface area contributed by atoms with Gasteiger partial charge in [-0.3, -0.25) is 0 Å². The Morgan fingerprint density at radius 1 is 1.47 bits per heavy atom. The van der Waals surface area contributed by atoms with Gasteiger partial charge in [0.25, 0.3) is 0 Å². The summed E-state index contributed by atoms with van der Waals surface area (Å²) in [5, 5.41) is 13.3. The number of methoxy groups -OCH3 is 1. The van der Waals surface area contributed by atoms with Crippen LogP contribution in [0.3, 0.4) is 0 Å². The van der Waals surface area contributed by atoms with Gasteiger partial charge in [0.15, 0.2) is 0 Å². The molecule has 1 heterocycles. The van der Waals surface area contributed by atoms with E-state index in [0.29, 0.717) is 12.5 Å². The van der Waals surface area contributed by atoms with Crippen LogP contribution in [0.15, 0.2) is 18.3 Å². The largest absolute Gasteiger partial charge is 0.495 e. The van der Waals surface area contributed by atoms with Gasteiger partial charge in [0.05, 0.1) is 18.9 Å². The molecule has 0 aliphatic carbocycles. The second-order valence-electron chi connectivity index (χ2n) is 5.03. The fourth-order valence-corrected chi connectivity index (χ4v) is 1.84. The van der Waals surface area contributed by atoms with E-state index in [-0.39, 0.29) is 0 Å². The first kappa shape index (κ1) is 13.8. The van der Waals surface area contributed by atoms with Gasteiger partial charge in [0.1, 0.15) is 11.6 Å². The molecule has 4 nitrogen and oxygen atoms in total. The number of hydrogen-bond donors (Lipinski definition) is 2. The maximum atomic E-state index is 10.1. The standard InChI is InChI=1S/C13H22N2O2/c1-10(2)7-13(3,16)9-15-12-6-5-11(17-4)8-14-12/h5-6,8,10,16H,7,9H2,1-4H3,(H,14,15). The molecule has 17 heavy (non-hydrogen) atoms. The van der Waals surface area contributed by atoms with Crippen molar-refractivity contribution in [1.82, 2.24) is 4.98 Å². The number of nitrogens with one attached hydrogen (secondary N) is 1. The van der Waals surface area contributed by atoms with Crippen LogP contribution in [0.1, 0.15) is 27.2 Å². The van der Waals surface area contributed by atoms with Gasteiger partial charge in [0, 0.05) is 6.54 Å². The minimum absolute atomic E-state index is 0.468. The zero-order valence-corrected chi connectivity index (χ0v) is 11.0. The van der Waals surface area contributed by atoms with E-state index in [1.165, 1.54) is 0 Å². The summed E-state index contributed by atoms with van der Waals surface area (Å²) in [5.74, 6) is 1.94. The molecule has 0 saturated carbocycles. The van der Waals surface area contributed by atoms with E-state index in [0.717, 1.165) is 18.0 Å². The first-order chi connectivity index (χ1) is 7.93. The molecule has 0 saturated heterocycles. The Morgan fingerprint density at radius 2 is 2.18 bits per heavy atom. The molecule has 1 aromatic heterocycles. The molecular formula is C13H22N2O2. The van der Waals surface area contributed by atoms with Crippen LogP contribution >= 0.6 is 0 Å². The minimum atomic E-state index is -0.713. The van der Waals surface area contributed by atoms with Crippen LogP contribution in [0.4, 0.5) is 5.82 Å². The first-order valence-electron chi connectivity index (χ1n) is 5.89. The lowest BCUT2D eigenvalue weighted by atomic mass is 9.94. The molecule has 4 heteroatoms. The monoisotopic (exact) mass is 238 g/mol. The Labute approximate surface area is 103 Å². The fourth-order valence-electron chi connectivity index (χ4n) is 1.84. The van der Waals surface area contributed by atoms with Crippen LogP contribution in [-0.2, 0) is 0 Å². The second-order valence-corrected chi connectivity index (χ2v) is 5.03. The van der Waals surface area contributed by atoms with Gasteiger partial charge in [-0.2, -0.15) is 0 Å². The summed E-state index contributed by atoms with van der Waals surface area (Å²) in [6, 6.07) is 3.68. The van der Waals surface area contributed by atoms with E-state index in [2.05, 4.69) is 24.1 Å². The van der Waals surface area contributed by atoms with Gasteiger partial charge in [-0.15, -0.1) is 0 Å². The van der Waals surface area contributed by atoms with Gasteiger partial charge >= 0.3 is 0 Å². The van der Waals surface area contributed by atoms with E-state index >= 15 is 0 Å². The highest BCUT2D eigenvalue weighted by Gasteiger charge is 2.21. The third-order valence-corrected chi connectivity index (χ3v) is 2.47. The Hall–Kier alpha value is -1.29. The Kier molecular flexibility index (Phi) is 4.75. The highest BCUT2D eigenvalue weighted by atomic mass is 16.5. The molecule has 0 aliphatic rings. The third-order valence-electron chi connectivity index (χ3n) is 2.47. The van der Waals surface area contributed by atoms with Gasteiger partial charge in [-0.05, 0) is 31.4 Å². The summed E-state index contributed by atoms with van der Waals surface area (Å²) in [6.45, 7) is 6.52. The van der Waals surface area contributed by atoms with E-state index in [1.807, 2.05) is 19.1 Å². The molecule has 0 radical (unpaired) electrons. The summed E-state index contributed by atoms with van der Waals surface area (Å²) < 4.78 is 5.03. The van der Waals surface area contributed by atoms with E-state index < -0.39 is 5.60 Å². The average Bonchev–Trinajstić information content (AvgIpc) is 2.25. The molecule has 0 aliphatic heterocycles. The molecule has 1 unspecified atom stereocenters. The van der Waals surface area contributed by atoms with Crippen molar-refractivity contribution in [2.24, 2.45) is 5.92 Å². The highest BCUT2D eigenvalue weighted by Crippen LogP contribution is 2.17. The third kappa shape index (κ3) is 5.04. The Morgan fingerprint density at radius 3 is 2.65 bits per heavy atom. The summed E-state index contributed by atoms with van der Waals surface area (Å²) in [6.07, 6.45) is 2.41. The number of aromatic nitrogens is 1. The number of rotatable bonds is 6. The molecule has 1 rings (SSSR count).